The second kappa shape index (κ2) is 4.45. The Morgan fingerprint density at radius 2 is 1.92 bits per heavy atom. The zero-order valence-corrected chi connectivity index (χ0v) is 9.69. The van der Waals surface area contributed by atoms with Crippen LogP contribution in [0.5, 0.6) is 0 Å². The van der Waals surface area contributed by atoms with Gasteiger partial charge in [0, 0.05) is 0 Å². The van der Waals surface area contributed by atoms with Crippen molar-refractivity contribution < 1.29 is 0 Å². The van der Waals surface area contributed by atoms with Gasteiger partial charge >= 0.3 is 0 Å². The van der Waals surface area contributed by atoms with Gasteiger partial charge in [-0.2, -0.15) is 0 Å². The molecule has 1 heterocycles. The zero-order chi connectivity index (χ0) is 9.90. The highest BCUT2D eigenvalue weighted by Gasteiger charge is 2.38. The fraction of sp³-hybridized carbons (Fsp3) is 1.00. The van der Waals surface area contributed by atoms with E-state index >= 15 is 0 Å². The minimum atomic E-state index is 0.638. The fourth-order valence-corrected chi connectivity index (χ4v) is 3.07. The number of nitrogens with one attached hydrogen (secondary N) is 1. The molecule has 0 bridgehead atoms. The first-order valence-corrected chi connectivity index (χ1v) is 5.87. The largest absolute Gasteiger partial charge is 0.316 e. The van der Waals surface area contributed by atoms with Crippen molar-refractivity contribution in [3.05, 3.63) is 0 Å². The summed E-state index contributed by atoms with van der Waals surface area (Å²) in [5, 5.41) is 3.54. The third-order valence-corrected chi connectivity index (χ3v) is 4.16. The molecule has 0 aromatic rings. The van der Waals surface area contributed by atoms with E-state index in [-0.39, 0.29) is 0 Å². The maximum Gasteiger partial charge on any atom is -0.00127 e. The summed E-state index contributed by atoms with van der Waals surface area (Å²) in [7, 11) is 0. The molecule has 1 atom stereocenters. The van der Waals surface area contributed by atoms with Gasteiger partial charge in [-0.3, -0.25) is 0 Å². The van der Waals surface area contributed by atoms with Crippen LogP contribution >= 0.6 is 0 Å². The second-order valence-electron chi connectivity index (χ2n) is 4.87. The topological polar surface area (TPSA) is 12.0 Å². The van der Waals surface area contributed by atoms with Crippen molar-refractivity contribution in [1.29, 1.82) is 0 Å². The van der Waals surface area contributed by atoms with Gasteiger partial charge in [0.25, 0.3) is 0 Å². The van der Waals surface area contributed by atoms with Crippen LogP contribution in [0.25, 0.3) is 0 Å². The minimum absolute atomic E-state index is 0.638. The second-order valence-corrected chi connectivity index (χ2v) is 4.87. The predicted octanol–water partition coefficient (Wildman–Crippen LogP) is 3.06. The molecule has 1 unspecified atom stereocenters. The smallest absolute Gasteiger partial charge is 0.00127 e. The molecule has 1 aliphatic rings. The molecule has 0 aromatic carbocycles. The van der Waals surface area contributed by atoms with Crippen molar-refractivity contribution in [2.45, 2.75) is 47.0 Å². The van der Waals surface area contributed by atoms with E-state index in [0.717, 1.165) is 11.8 Å². The highest BCUT2D eigenvalue weighted by Crippen LogP contribution is 2.43. The Morgan fingerprint density at radius 3 is 2.31 bits per heavy atom. The van der Waals surface area contributed by atoms with Gasteiger partial charge in [-0.1, -0.05) is 40.5 Å². The summed E-state index contributed by atoms with van der Waals surface area (Å²) in [6.45, 7) is 11.9. The summed E-state index contributed by atoms with van der Waals surface area (Å²) in [5.74, 6) is 1.71. The highest BCUT2D eigenvalue weighted by atomic mass is 14.9. The number of hydrogen-bond acceptors (Lipinski definition) is 1. The van der Waals surface area contributed by atoms with Crippen molar-refractivity contribution in [3.63, 3.8) is 0 Å². The van der Waals surface area contributed by atoms with Gasteiger partial charge in [-0.25, -0.2) is 0 Å². The van der Waals surface area contributed by atoms with E-state index in [2.05, 4.69) is 33.0 Å². The molecule has 13 heavy (non-hydrogen) atoms. The summed E-state index contributed by atoms with van der Waals surface area (Å²) < 4.78 is 0. The standard InChI is InChI=1S/C12H25N/c1-5-12(6-2)7-8-13-9-11(12)10(3)4/h10-11,13H,5-9H2,1-4H3. The Kier molecular flexibility index (Phi) is 3.78. The summed E-state index contributed by atoms with van der Waals surface area (Å²) in [5.41, 5.74) is 0.638. The highest BCUT2D eigenvalue weighted by molar-refractivity contribution is 4.91. The third kappa shape index (κ3) is 2.07. The van der Waals surface area contributed by atoms with Crippen LogP contribution in [0.3, 0.4) is 0 Å². The molecule has 1 fully saturated rings. The van der Waals surface area contributed by atoms with E-state index in [1.807, 2.05) is 0 Å². The first kappa shape index (κ1) is 11.0. The van der Waals surface area contributed by atoms with Crippen LogP contribution in [-0.4, -0.2) is 13.1 Å². The average Bonchev–Trinajstić information content (AvgIpc) is 2.17. The Morgan fingerprint density at radius 1 is 1.31 bits per heavy atom. The van der Waals surface area contributed by atoms with Crippen LogP contribution in [0.4, 0.5) is 0 Å². The Bertz CT molecular complexity index is 147. The Hall–Kier alpha value is -0.0400. The molecule has 0 saturated carbocycles. The Balaban J connectivity index is 2.75. The van der Waals surface area contributed by atoms with Crippen LogP contribution in [0.2, 0.25) is 0 Å². The lowest BCUT2D eigenvalue weighted by molar-refractivity contribution is 0.0615. The van der Waals surface area contributed by atoms with Gasteiger partial charge in [0.15, 0.2) is 0 Å². The molecule has 1 heteroatoms. The summed E-state index contributed by atoms with van der Waals surface area (Å²) in [4.78, 5) is 0. The number of hydrogen-bond donors (Lipinski definition) is 1. The van der Waals surface area contributed by atoms with Gasteiger partial charge in [-0.15, -0.1) is 0 Å². The summed E-state index contributed by atoms with van der Waals surface area (Å²) in [6, 6.07) is 0. The molecule has 0 amide bonds. The SMILES string of the molecule is CCC1(CC)CCNCC1C(C)C. The van der Waals surface area contributed by atoms with Crippen molar-refractivity contribution in [2.75, 3.05) is 13.1 Å². The molecule has 0 radical (unpaired) electrons. The number of piperidine rings is 1. The lowest BCUT2D eigenvalue weighted by atomic mass is 9.63. The van der Waals surface area contributed by atoms with Gasteiger partial charge in [0.05, 0.1) is 0 Å². The molecule has 0 spiro atoms. The first-order chi connectivity index (χ1) is 6.16. The van der Waals surface area contributed by atoms with Crippen LogP contribution in [0.1, 0.15) is 47.0 Å². The van der Waals surface area contributed by atoms with E-state index < -0.39 is 0 Å². The molecule has 0 aliphatic carbocycles. The van der Waals surface area contributed by atoms with Crippen LogP contribution in [0.15, 0.2) is 0 Å². The van der Waals surface area contributed by atoms with E-state index in [4.69, 9.17) is 0 Å². The molecule has 1 rings (SSSR count). The fourth-order valence-electron chi connectivity index (χ4n) is 3.07. The monoisotopic (exact) mass is 183 g/mol. The van der Waals surface area contributed by atoms with Crippen molar-refractivity contribution in [2.24, 2.45) is 17.3 Å². The lowest BCUT2D eigenvalue weighted by Gasteiger charge is -2.46. The third-order valence-electron chi connectivity index (χ3n) is 4.16. The molecular weight excluding hydrogens is 158 g/mol. The van der Waals surface area contributed by atoms with Crippen LogP contribution < -0.4 is 5.32 Å². The quantitative estimate of drug-likeness (QED) is 0.709. The van der Waals surface area contributed by atoms with E-state index in [9.17, 15) is 0 Å². The molecule has 0 aromatic heterocycles. The first-order valence-electron chi connectivity index (χ1n) is 5.87. The molecule has 1 aliphatic heterocycles. The predicted molar refractivity (Wildman–Crippen MR) is 58.8 cm³/mol. The number of rotatable bonds is 3. The van der Waals surface area contributed by atoms with Crippen molar-refractivity contribution in [1.82, 2.24) is 5.32 Å². The summed E-state index contributed by atoms with van der Waals surface area (Å²) >= 11 is 0. The molecule has 1 N–H and O–H groups in total. The van der Waals surface area contributed by atoms with Gasteiger partial charge in [0.2, 0.25) is 0 Å². The van der Waals surface area contributed by atoms with E-state index in [0.29, 0.717) is 5.41 Å². The van der Waals surface area contributed by atoms with Gasteiger partial charge < -0.3 is 5.32 Å². The van der Waals surface area contributed by atoms with E-state index in [1.165, 1.54) is 32.4 Å². The molecular formula is C12H25N. The van der Waals surface area contributed by atoms with Crippen molar-refractivity contribution in [3.8, 4) is 0 Å². The van der Waals surface area contributed by atoms with Crippen molar-refractivity contribution >= 4 is 0 Å². The molecule has 78 valence electrons. The zero-order valence-electron chi connectivity index (χ0n) is 9.69. The van der Waals surface area contributed by atoms with Crippen LogP contribution in [-0.2, 0) is 0 Å². The molecule has 1 nitrogen and oxygen atoms in total. The normalized spacial score (nSPS) is 27.9. The Labute approximate surface area is 83.3 Å². The molecule has 1 saturated heterocycles. The van der Waals surface area contributed by atoms with Crippen LogP contribution in [0, 0.1) is 17.3 Å². The van der Waals surface area contributed by atoms with Gasteiger partial charge in [-0.05, 0) is 36.8 Å². The summed E-state index contributed by atoms with van der Waals surface area (Å²) in [6.07, 6.45) is 4.09. The van der Waals surface area contributed by atoms with E-state index in [1.54, 1.807) is 0 Å². The maximum absolute atomic E-state index is 3.54. The van der Waals surface area contributed by atoms with Gasteiger partial charge in [0.1, 0.15) is 0 Å². The maximum atomic E-state index is 3.54. The lowest BCUT2D eigenvalue weighted by Crippen LogP contribution is -2.46. The average molecular weight is 183 g/mol. The minimum Gasteiger partial charge on any atom is -0.316 e.